The third-order valence-electron chi connectivity index (χ3n) is 13.1. The molecule has 87 heavy (non-hydrogen) atoms. The van der Waals surface area contributed by atoms with Crippen molar-refractivity contribution in [2.45, 2.75) is 162 Å². The minimum absolute atomic E-state index is 0.0747. The number of nitrogens with two attached hydrogens (primary N) is 1. The Hall–Kier alpha value is -8.06. The standard InChI is InChI=1S/C23H33BN4O4.C18H25N3O6.C11H22N2O2.C7H4ClNO4/c1-23(2,3)14-18(15-25)21(29)28-12-8-7-11-19(28)16-26-22(30)27-20(24(31)32)13-17-9-5-4-6-10-17;1-18(2,3)27-17(23)20-11-5-4-6-14(20)12-19-16(22)26-15-9-7-13(8-10-15)21(24)25;1-11(2,3)15-10(14)13-7-5-4-6-9(13)8-12;8-7(10)13-6-3-1-5(2-4-6)9(11)12/h4-6,9-10,14,19-20,31-32H,7-8,11-13,16H2,1-3H3,(H2,26,27,30);7-10,14H,4-6,11-12H2,1-3H3,(H,19,22);9H,4-8,12H2,1-3H3;1-4H/t19-,20-;14-;9-;/m000./s1. The molecule has 0 bridgehead atoms. The molecular weight excluding hydrogens is 1150 g/mol. The quantitative estimate of drug-likeness (QED) is 0.0218. The second-order valence-electron chi connectivity index (χ2n) is 23.7. The fourth-order valence-corrected chi connectivity index (χ4v) is 9.12. The predicted octanol–water partition coefficient (Wildman–Crippen LogP) is 9.33. The van der Waals surface area contributed by atoms with Crippen molar-refractivity contribution in [1.29, 1.82) is 5.26 Å². The van der Waals surface area contributed by atoms with Gasteiger partial charge in [-0.1, -0.05) is 57.2 Å². The van der Waals surface area contributed by atoms with Crippen molar-refractivity contribution in [3.05, 3.63) is 116 Å². The highest BCUT2D eigenvalue weighted by Crippen LogP contribution is 2.25. The van der Waals surface area contributed by atoms with Crippen LogP contribution in [0.15, 0.2) is 90.5 Å². The Morgan fingerprint density at radius 2 is 1.13 bits per heavy atom. The first kappa shape index (κ1) is 73.2. The van der Waals surface area contributed by atoms with E-state index in [1.165, 1.54) is 48.5 Å². The Morgan fingerprint density at radius 3 is 1.55 bits per heavy atom. The summed E-state index contributed by atoms with van der Waals surface area (Å²) in [6.07, 6.45) is 8.95. The number of nitrogens with one attached hydrogen (secondary N) is 3. The number of benzene rings is 3. The summed E-state index contributed by atoms with van der Waals surface area (Å²) in [7, 11) is -1.71. The van der Waals surface area contributed by atoms with Crippen molar-refractivity contribution in [3.63, 3.8) is 0 Å². The summed E-state index contributed by atoms with van der Waals surface area (Å²) in [4.78, 5) is 96.6. The van der Waals surface area contributed by atoms with Gasteiger partial charge in [-0.05, 0) is 141 Å². The molecule has 3 heterocycles. The normalized spacial score (nSPS) is 17.2. The van der Waals surface area contributed by atoms with E-state index in [0.29, 0.717) is 19.6 Å². The lowest BCUT2D eigenvalue weighted by Crippen LogP contribution is -2.54. The molecule has 3 aromatic carbocycles. The number of nitro benzene ring substituents is 2. The van der Waals surface area contributed by atoms with Crippen LogP contribution in [0.2, 0.25) is 0 Å². The number of carbonyl (C=O) groups is 6. The third kappa shape index (κ3) is 28.3. The first-order valence-electron chi connectivity index (χ1n) is 28.7. The van der Waals surface area contributed by atoms with Gasteiger partial charge in [-0.2, -0.15) is 5.26 Å². The van der Waals surface area contributed by atoms with Gasteiger partial charge in [0, 0.05) is 87.2 Å². The molecule has 3 aliphatic rings. The Morgan fingerprint density at radius 1 is 0.690 bits per heavy atom. The molecule has 476 valence electrons. The number of nitriles is 1. The van der Waals surface area contributed by atoms with Crippen molar-refractivity contribution in [1.82, 2.24) is 30.7 Å². The van der Waals surface area contributed by atoms with Crippen molar-refractivity contribution < 1.29 is 67.6 Å². The second-order valence-corrected chi connectivity index (χ2v) is 24.1. The Labute approximate surface area is 513 Å². The lowest BCUT2D eigenvalue weighted by atomic mass is 9.76. The number of halogens is 1. The van der Waals surface area contributed by atoms with Crippen LogP contribution in [0.3, 0.4) is 0 Å². The van der Waals surface area contributed by atoms with E-state index >= 15 is 0 Å². The van der Waals surface area contributed by atoms with Crippen molar-refractivity contribution >= 4 is 65.7 Å². The van der Waals surface area contributed by atoms with Crippen LogP contribution >= 0.6 is 11.6 Å². The first-order chi connectivity index (χ1) is 40.8. The SMILES string of the molecule is CC(C)(C)C=C(C#N)C(=O)N1CCCC[C@H]1CNC(=O)N[C@@H](Cc1ccccc1)B(O)O.CC(C)(C)OC(=O)N1CCCC[C@H]1CN.CC(C)(C)OC(=O)N1CCCC[C@H]1CNC(=O)Oc1ccc([N+](=O)[O-])cc1.O=C(Cl)Oc1ccc([N+](=O)[O-])cc1. The summed E-state index contributed by atoms with van der Waals surface area (Å²) in [5, 5.41) is 57.6. The van der Waals surface area contributed by atoms with Crippen molar-refractivity contribution in [2.24, 2.45) is 11.1 Å². The number of urea groups is 1. The van der Waals surface area contributed by atoms with E-state index < -0.39 is 57.8 Å². The molecular formula is C59H84BClN10O16. The van der Waals surface area contributed by atoms with Crippen LogP contribution in [0.1, 0.15) is 126 Å². The number of piperidine rings is 3. The van der Waals surface area contributed by atoms with Gasteiger partial charge >= 0.3 is 36.9 Å². The summed E-state index contributed by atoms with van der Waals surface area (Å²) in [6, 6.07) is 20.7. The summed E-state index contributed by atoms with van der Waals surface area (Å²) in [6.45, 7) is 19.7. The number of amides is 6. The molecule has 4 atom stereocenters. The average molecular weight is 1240 g/mol. The first-order valence-corrected chi connectivity index (χ1v) is 29.1. The molecule has 26 nitrogen and oxygen atoms in total. The van der Waals surface area contributed by atoms with E-state index in [0.717, 1.165) is 69.9 Å². The zero-order chi connectivity index (χ0) is 65.1. The molecule has 0 radical (unpaired) electrons. The topological polar surface area (TPSA) is 362 Å². The fourth-order valence-electron chi connectivity index (χ4n) is 9.03. The lowest BCUT2D eigenvalue weighted by Gasteiger charge is -2.36. The molecule has 3 aromatic rings. The van der Waals surface area contributed by atoms with E-state index in [-0.39, 0.29) is 83.5 Å². The lowest BCUT2D eigenvalue weighted by molar-refractivity contribution is -0.385. The number of nitro groups is 2. The number of ether oxygens (including phenoxy) is 4. The number of nitrogens with zero attached hydrogens (tertiary/aromatic N) is 6. The minimum atomic E-state index is -1.71. The van der Waals surface area contributed by atoms with E-state index in [4.69, 9.17) is 31.5 Å². The number of likely N-dealkylation sites (tertiary alicyclic amines) is 3. The largest absolute Gasteiger partial charge is 0.475 e. The Bertz CT molecular complexity index is 2810. The van der Waals surface area contributed by atoms with Crippen LogP contribution < -0.4 is 31.2 Å². The number of non-ortho nitro benzene ring substituents is 2. The van der Waals surface area contributed by atoms with Crippen LogP contribution in [-0.4, -0.2) is 152 Å². The van der Waals surface area contributed by atoms with E-state index in [2.05, 4.69) is 20.7 Å². The highest BCUT2D eigenvalue weighted by Gasteiger charge is 2.34. The number of hydrogen-bond acceptors (Lipinski definition) is 18. The van der Waals surface area contributed by atoms with E-state index in [1.54, 1.807) is 20.8 Å². The minimum Gasteiger partial charge on any atom is -0.444 e. The number of allylic oxidation sites excluding steroid dienone is 1. The molecule has 0 aliphatic carbocycles. The maximum atomic E-state index is 13.0. The number of hydrogen-bond donors (Lipinski definition) is 6. The number of rotatable bonds is 14. The van der Waals surface area contributed by atoms with Gasteiger partial charge in [-0.15, -0.1) is 0 Å². The summed E-state index contributed by atoms with van der Waals surface area (Å²) in [5.74, 6) is -0.820. The van der Waals surface area contributed by atoms with Gasteiger partial charge in [0.05, 0.1) is 21.8 Å². The molecule has 7 N–H and O–H groups in total. The number of carbonyl (C=O) groups excluding carboxylic acids is 6. The van der Waals surface area contributed by atoms with Gasteiger partial charge in [-0.25, -0.2) is 24.0 Å². The van der Waals surface area contributed by atoms with Crippen molar-refractivity contribution in [2.75, 3.05) is 39.3 Å². The van der Waals surface area contributed by atoms with E-state index in [1.807, 2.05) is 98.7 Å². The van der Waals surface area contributed by atoms with Crippen LogP contribution in [0.25, 0.3) is 0 Å². The molecule has 0 saturated carbocycles. The molecule has 28 heteroatoms. The van der Waals surface area contributed by atoms with Crippen LogP contribution in [0, 0.1) is 37.0 Å². The van der Waals surface area contributed by atoms with Crippen molar-refractivity contribution in [3.8, 4) is 17.6 Å². The summed E-state index contributed by atoms with van der Waals surface area (Å²) < 4.78 is 20.3. The van der Waals surface area contributed by atoms with Crippen LogP contribution in [0.5, 0.6) is 11.5 Å². The van der Waals surface area contributed by atoms with Gasteiger partial charge in [0.1, 0.15) is 34.3 Å². The molecule has 6 amide bonds. The van der Waals surface area contributed by atoms with Gasteiger partial charge in [0.25, 0.3) is 17.3 Å². The zero-order valence-corrected chi connectivity index (χ0v) is 51.8. The Balaban J connectivity index is 0.000000323. The van der Waals surface area contributed by atoms with E-state index in [9.17, 15) is 64.3 Å². The monoisotopic (exact) mass is 1230 g/mol. The molecule has 3 aliphatic heterocycles. The van der Waals surface area contributed by atoms with Gasteiger partial charge < -0.3 is 65.4 Å². The molecule has 0 unspecified atom stereocenters. The molecule has 0 spiro atoms. The average Bonchev–Trinajstić information content (AvgIpc) is 2.78. The van der Waals surface area contributed by atoms with Gasteiger partial charge in [0.2, 0.25) is 0 Å². The molecule has 3 saturated heterocycles. The second kappa shape index (κ2) is 35.5. The van der Waals surface area contributed by atoms with Gasteiger partial charge in [-0.3, -0.25) is 25.0 Å². The van der Waals surface area contributed by atoms with Crippen LogP contribution in [0.4, 0.5) is 35.3 Å². The molecule has 0 aromatic heterocycles. The Kier molecular flexibility index (Phi) is 29.9. The zero-order valence-electron chi connectivity index (χ0n) is 51.0. The maximum absolute atomic E-state index is 13.0. The summed E-state index contributed by atoms with van der Waals surface area (Å²) in [5.41, 5.74) is 4.18. The highest BCUT2D eigenvalue weighted by molar-refractivity contribution is 6.61. The summed E-state index contributed by atoms with van der Waals surface area (Å²) >= 11 is 4.92. The molecule has 6 rings (SSSR count). The van der Waals surface area contributed by atoms with Gasteiger partial charge in [0.15, 0.2) is 0 Å². The third-order valence-corrected chi connectivity index (χ3v) is 13.1. The predicted molar refractivity (Wildman–Crippen MR) is 325 cm³/mol. The smallest absolute Gasteiger partial charge is 0.444 e. The fraction of sp³-hybridized carbons (Fsp3) is 0.542. The van der Waals surface area contributed by atoms with Crippen LogP contribution in [-0.2, 0) is 20.7 Å². The molecule has 3 fully saturated rings. The maximum Gasteiger partial charge on any atom is 0.475 e. The highest BCUT2D eigenvalue weighted by atomic mass is 35.5.